The number of hydrogen-bond acceptors (Lipinski definition) is 5. The molecule has 104 valence electrons. The van der Waals surface area contributed by atoms with Gasteiger partial charge in [-0.1, -0.05) is 6.92 Å². The molecule has 0 spiro atoms. The summed E-state index contributed by atoms with van der Waals surface area (Å²) >= 11 is 0. The first-order valence-corrected chi connectivity index (χ1v) is 5.99. The molecule has 0 atom stereocenters. The van der Waals surface area contributed by atoms with Crippen molar-refractivity contribution in [3.05, 3.63) is 45.5 Å². The zero-order chi connectivity index (χ0) is 14.7. The van der Waals surface area contributed by atoms with Crippen LogP contribution >= 0.6 is 0 Å². The molecule has 0 saturated heterocycles. The SMILES string of the molecule is CCc1nc(C(=O)Nc2ccc([N+](=O)[O-])cc2C)n[nH]1. The van der Waals surface area contributed by atoms with E-state index in [4.69, 9.17) is 0 Å². The van der Waals surface area contributed by atoms with Crippen LogP contribution in [0.3, 0.4) is 0 Å². The highest BCUT2D eigenvalue weighted by Gasteiger charge is 2.14. The zero-order valence-corrected chi connectivity index (χ0v) is 11.0. The molecular weight excluding hydrogens is 262 g/mol. The number of non-ortho nitro benzene ring substituents is 1. The van der Waals surface area contributed by atoms with Gasteiger partial charge in [0.15, 0.2) is 0 Å². The molecule has 0 bridgehead atoms. The zero-order valence-electron chi connectivity index (χ0n) is 11.0. The third-order valence-corrected chi connectivity index (χ3v) is 2.74. The van der Waals surface area contributed by atoms with Crippen molar-refractivity contribution in [3.8, 4) is 0 Å². The van der Waals surface area contributed by atoms with E-state index in [0.29, 0.717) is 23.5 Å². The molecule has 8 heteroatoms. The third-order valence-electron chi connectivity index (χ3n) is 2.74. The summed E-state index contributed by atoms with van der Waals surface area (Å²) in [6.07, 6.45) is 0.650. The van der Waals surface area contributed by atoms with Crippen LogP contribution in [0, 0.1) is 17.0 Å². The number of aromatic amines is 1. The Bertz CT molecular complexity index is 665. The second-order valence-corrected chi connectivity index (χ2v) is 4.17. The van der Waals surface area contributed by atoms with E-state index in [9.17, 15) is 14.9 Å². The van der Waals surface area contributed by atoms with Crippen LogP contribution in [0.5, 0.6) is 0 Å². The van der Waals surface area contributed by atoms with Gasteiger partial charge in [0, 0.05) is 24.2 Å². The summed E-state index contributed by atoms with van der Waals surface area (Å²) in [7, 11) is 0. The molecule has 1 aromatic heterocycles. The highest BCUT2D eigenvalue weighted by molar-refractivity contribution is 6.02. The van der Waals surface area contributed by atoms with E-state index in [0.717, 1.165) is 0 Å². The van der Waals surface area contributed by atoms with Gasteiger partial charge >= 0.3 is 0 Å². The number of aromatic nitrogens is 3. The van der Waals surface area contributed by atoms with Crippen molar-refractivity contribution in [2.75, 3.05) is 5.32 Å². The predicted octanol–water partition coefficient (Wildman–Crippen LogP) is 1.84. The molecule has 2 rings (SSSR count). The number of hydrogen-bond donors (Lipinski definition) is 2. The number of nitro benzene ring substituents is 1. The van der Waals surface area contributed by atoms with Gasteiger partial charge in [-0.3, -0.25) is 20.0 Å². The number of nitrogens with one attached hydrogen (secondary N) is 2. The van der Waals surface area contributed by atoms with E-state index in [1.54, 1.807) is 6.92 Å². The molecule has 1 heterocycles. The Morgan fingerprint density at radius 3 is 2.80 bits per heavy atom. The molecule has 0 aliphatic carbocycles. The first-order valence-electron chi connectivity index (χ1n) is 5.99. The molecule has 1 aromatic carbocycles. The van der Waals surface area contributed by atoms with Gasteiger partial charge in [-0.25, -0.2) is 4.98 Å². The first-order chi connectivity index (χ1) is 9.51. The number of benzene rings is 1. The summed E-state index contributed by atoms with van der Waals surface area (Å²) in [6.45, 7) is 3.57. The lowest BCUT2D eigenvalue weighted by Gasteiger charge is -2.05. The fourth-order valence-electron chi connectivity index (χ4n) is 1.63. The van der Waals surface area contributed by atoms with Crippen molar-refractivity contribution >= 4 is 17.3 Å². The van der Waals surface area contributed by atoms with E-state index in [1.165, 1.54) is 18.2 Å². The number of carbonyl (C=O) groups excluding carboxylic acids is 1. The van der Waals surface area contributed by atoms with Gasteiger partial charge in [0.25, 0.3) is 11.6 Å². The third kappa shape index (κ3) is 2.79. The largest absolute Gasteiger partial charge is 0.319 e. The minimum absolute atomic E-state index is 0.0216. The summed E-state index contributed by atoms with van der Waals surface area (Å²) in [5, 5.41) is 19.7. The first kappa shape index (κ1) is 13.7. The van der Waals surface area contributed by atoms with Gasteiger partial charge in [-0.15, -0.1) is 5.10 Å². The molecule has 0 radical (unpaired) electrons. The normalized spacial score (nSPS) is 10.3. The smallest absolute Gasteiger partial charge is 0.295 e. The quantitative estimate of drug-likeness (QED) is 0.652. The average molecular weight is 275 g/mol. The van der Waals surface area contributed by atoms with Crippen LogP contribution in [0.4, 0.5) is 11.4 Å². The molecule has 0 unspecified atom stereocenters. The second-order valence-electron chi connectivity index (χ2n) is 4.17. The minimum Gasteiger partial charge on any atom is -0.319 e. The van der Waals surface area contributed by atoms with Crippen LogP contribution in [-0.2, 0) is 6.42 Å². The number of anilines is 1. The molecule has 8 nitrogen and oxygen atoms in total. The van der Waals surface area contributed by atoms with Crippen LogP contribution in [0.25, 0.3) is 0 Å². The Labute approximate surface area is 114 Å². The Hall–Kier alpha value is -2.77. The average Bonchev–Trinajstić information content (AvgIpc) is 2.89. The highest BCUT2D eigenvalue weighted by Crippen LogP contribution is 2.21. The lowest BCUT2D eigenvalue weighted by Crippen LogP contribution is -2.14. The van der Waals surface area contributed by atoms with Crippen LogP contribution in [0.15, 0.2) is 18.2 Å². The summed E-state index contributed by atoms with van der Waals surface area (Å²) in [5.41, 5.74) is 1.06. The summed E-state index contributed by atoms with van der Waals surface area (Å²) < 4.78 is 0. The van der Waals surface area contributed by atoms with Gasteiger partial charge in [0.2, 0.25) is 5.82 Å². The fourth-order valence-corrected chi connectivity index (χ4v) is 1.63. The van der Waals surface area contributed by atoms with E-state index in [-0.39, 0.29) is 11.5 Å². The monoisotopic (exact) mass is 275 g/mol. The molecule has 0 saturated carbocycles. The molecule has 20 heavy (non-hydrogen) atoms. The number of H-pyrrole nitrogens is 1. The van der Waals surface area contributed by atoms with Crippen LogP contribution < -0.4 is 5.32 Å². The standard InChI is InChI=1S/C12H13N5O3/c1-3-10-14-11(16-15-10)12(18)13-9-5-4-8(17(19)20)6-7(9)2/h4-6H,3H2,1-2H3,(H,13,18)(H,14,15,16). The van der Waals surface area contributed by atoms with Crippen LogP contribution in [0.2, 0.25) is 0 Å². The lowest BCUT2D eigenvalue weighted by atomic mass is 10.2. The summed E-state index contributed by atoms with van der Waals surface area (Å²) in [5.74, 6) is 0.202. The number of nitro groups is 1. The summed E-state index contributed by atoms with van der Waals surface area (Å²) in [6, 6.07) is 4.21. The van der Waals surface area contributed by atoms with Crippen molar-refractivity contribution in [1.82, 2.24) is 15.2 Å². The van der Waals surface area contributed by atoms with Gasteiger partial charge in [0.05, 0.1) is 4.92 Å². The second kappa shape index (κ2) is 5.47. The Balaban J connectivity index is 2.17. The Morgan fingerprint density at radius 1 is 1.50 bits per heavy atom. The van der Waals surface area contributed by atoms with Crippen molar-refractivity contribution in [2.45, 2.75) is 20.3 Å². The van der Waals surface area contributed by atoms with Crippen LogP contribution in [0.1, 0.15) is 28.9 Å². The van der Waals surface area contributed by atoms with Crippen molar-refractivity contribution in [2.24, 2.45) is 0 Å². The topological polar surface area (TPSA) is 114 Å². The van der Waals surface area contributed by atoms with Gasteiger partial charge < -0.3 is 5.32 Å². The maximum atomic E-state index is 11.9. The van der Waals surface area contributed by atoms with Gasteiger partial charge in [-0.05, 0) is 18.6 Å². The molecule has 2 N–H and O–H groups in total. The van der Waals surface area contributed by atoms with Gasteiger partial charge in [0.1, 0.15) is 5.82 Å². The Morgan fingerprint density at radius 2 is 2.25 bits per heavy atom. The van der Waals surface area contributed by atoms with E-state index in [1.807, 2.05) is 6.92 Å². The van der Waals surface area contributed by atoms with Crippen molar-refractivity contribution < 1.29 is 9.72 Å². The van der Waals surface area contributed by atoms with Crippen molar-refractivity contribution in [1.29, 1.82) is 0 Å². The number of carbonyl (C=O) groups is 1. The van der Waals surface area contributed by atoms with Gasteiger partial charge in [-0.2, -0.15) is 0 Å². The van der Waals surface area contributed by atoms with E-state index >= 15 is 0 Å². The molecule has 0 aliphatic heterocycles. The molecule has 0 aliphatic rings. The molecule has 1 amide bonds. The highest BCUT2D eigenvalue weighted by atomic mass is 16.6. The molecule has 0 fully saturated rings. The number of amides is 1. The fraction of sp³-hybridized carbons (Fsp3) is 0.250. The molecule has 2 aromatic rings. The van der Waals surface area contributed by atoms with E-state index < -0.39 is 10.8 Å². The number of aryl methyl sites for hydroxylation is 2. The predicted molar refractivity (Wildman–Crippen MR) is 71.5 cm³/mol. The summed E-state index contributed by atoms with van der Waals surface area (Å²) in [4.78, 5) is 26.1. The van der Waals surface area contributed by atoms with E-state index in [2.05, 4.69) is 20.5 Å². The Kier molecular flexibility index (Phi) is 3.74. The maximum Gasteiger partial charge on any atom is 0.295 e. The lowest BCUT2D eigenvalue weighted by molar-refractivity contribution is -0.384. The number of rotatable bonds is 4. The maximum absolute atomic E-state index is 11.9. The molecular formula is C12H13N5O3. The number of nitrogens with zero attached hydrogens (tertiary/aromatic N) is 3. The minimum atomic E-state index is -0.485. The van der Waals surface area contributed by atoms with Crippen LogP contribution in [-0.4, -0.2) is 26.0 Å². The van der Waals surface area contributed by atoms with Crippen molar-refractivity contribution in [3.63, 3.8) is 0 Å².